The van der Waals surface area contributed by atoms with Gasteiger partial charge in [0.2, 0.25) is 0 Å². The smallest absolute Gasteiger partial charge is 0.124 e. The van der Waals surface area contributed by atoms with Gasteiger partial charge >= 0.3 is 0 Å². The summed E-state index contributed by atoms with van der Waals surface area (Å²) in [5, 5.41) is 3.83. The summed E-state index contributed by atoms with van der Waals surface area (Å²) in [6, 6.07) is 5.19. The molecule has 1 unspecified atom stereocenters. The van der Waals surface area contributed by atoms with Gasteiger partial charge in [0.1, 0.15) is 5.82 Å². The molecular formula is C13H18ClFN2. The van der Waals surface area contributed by atoms with E-state index < -0.39 is 0 Å². The molecule has 2 rings (SSSR count). The maximum atomic E-state index is 12.9. The fraction of sp³-hybridized carbons (Fsp3) is 0.538. The van der Waals surface area contributed by atoms with Crippen LogP contribution in [0.15, 0.2) is 18.2 Å². The van der Waals surface area contributed by atoms with Crippen molar-refractivity contribution in [1.29, 1.82) is 0 Å². The lowest BCUT2D eigenvalue weighted by atomic mass is 10.1. The van der Waals surface area contributed by atoms with E-state index in [1.807, 2.05) is 7.05 Å². The lowest BCUT2D eigenvalue weighted by Gasteiger charge is -2.32. The Kier molecular flexibility index (Phi) is 4.37. The molecule has 1 atom stereocenters. The summed E-state index contributed by atoms with van der Waals surface area (Å²) < 4.78 is 12.9. The van der Waals surface area contributed by atoms with Gasteiger partial charge in [-0.1, -0.05) is 17.7 Å². The summed E-state index contributed by atoms with van der Waals surface area (Å²) in [6.07, 6.45) is 2.43. The molecule has 0 bridgehead atoms. The Morgan fingerprint density at radius 3 is 3.06 bits per heavy atom. The molecule has 17 heavy (non-hydrogen) atoms. The van der Waals surface area contributed by atoms with E-state index in [0.717, 1.165) is 25.2 Å². The zero-order valence-corrected chi connectivity index (χ0v) is 10.8. The van der Waals surface area contributed by atoms with Crippen LogP contribution in [0.4, 0.5) is 4.39 Å². The maximum absolute atomic E-state index is 12.9. The molecule has 1 aromatic carbocycles. The van der Waals surface area contributed by atoms with Crippen molar-refractivity contribution in [3.63, 3.8) is 0 Å². The molecule has 1 fully saturated rings. The Bertz CT molecular complexity index is 384. The number of hydrogen-bond donors (Lipinski definition) is 1. The predicted octanol–water partition coefficient (Wildman–Crippen LogP) is 2.66. The fourth-order valence-electron chi connectivity index (χ4n) is 2.33. The first-order valence-corrected chi connectivity index (χ1v) is 6.40. The van der Waals surface area contributed by atoms with E-state index in [9.17, 15) is 4.39 Å². The fourth-order valence-corrected chi connectivity index (χ4v) is 2.55. The zero-order chi connectivity index (χ0) is 12.3. The summed E-state index contributed by atoms with van der Waals surface area (Å²) in [7, 11) is 2.00. The van der Waals surface area contributed by atoms with E-state index in [0.29, 0.717) is 11.1 Å². The number of benzene rings is 1. The number of nitrogens with one attached hydrogen (secondary N) is 1. The van der Waals surface area contributed by atoms with Crippen molar-refractivity contribution in [2.24, 2.45) is 0 Å². The molecule has 1 N–H and O–H groups in total. The molecule has 0 aromatic heterocycles. The molecule has 1 aromatic rings. The van der Waals surface area contributed by atoms with Gasteiger partial charge in [-0.2, -0.15) is 0 Å². The average Bonchev–Trinajstić information content (AvgIpc) is 2.33. The molecule has 0 spiro atoms. The number of piperidine rings is 1. The van der Waals surface area contributed by atoms with Crippen molar-refractivity contribution in [2.75, 3.05) is 20.1 Å². The topological polar surface area (TPSA) is 15.3 Å². The van der Waals surface area contributed by atoms with Gasteiger partial charge < -0.3 is 5.32 Å². The van der Waals surface area contributed by atoms with Gasteiger partial charge in [0.15, 0.2) is 0 Å². The molecule has 1 aliphatic heterocycles. The monoisotopic (exact) mass is 256 g/mol. The van der Waals surface area contributed by atoms with Crippen molar-refractivity contribution >= 4 is 11.6 Å². The molecule has 1 saturated heterocycles. The number of rotatable bonds is 3. The molecule has 1 aliphatic rings. The highest BCUT2D eigenvalue weighted by Crippen LogP contribution is 2.21. The van der Waals surface area contributed by atoms with Crippen molar-refractivity contribution in [2.45, 2.75) is 25.4 Å². The van der Waals surface area contributed by atoms with Crippen LogP contribution in [0.5, 0.6) is 0 Å². The van der Waals surface area contributed by atoms with Crippen molar-refractivity contribution in [3.05, 3.63) is 34.6 Å². The lowest BCUT2D eigenvalue weighted by Crippen LogP contribution is -2.43. The van der Waals surface area contributed by atoms with Gasteiger partial charge in [-0.25, -0.2) is 4.39 Å². The third-order valence-corrected chi connectivity index (χ3v) is 3.67. The molecule has 4 heteroatoms. The van der Waals surface area contributed by atoms with Crippen LogP contribution in [0.2, 0.25) is 5.02 Å². The third kappa shape index (κ3) is 3.41. The second-order valence-electron chi connectivity index (χ2n) is 4.60. The summed E-state index contributed by atoms with van der Waals surface area (Å²) in [6.45, 7) is 2.92. The highest BCUT2D eigenvalue weighted by molar-refractivity contribution is 6.31. The largest absolute Gasteiger partial charge is 0.316 e. The number of likely N-dealkylation sites (tertiary alicyclic amines) is 1. The van der Waals surface area contributed by atoms with E-state index in [1.54, 1.807) is 6.07 Å². The second-order valence-corrected chi connectivity index (χ2v) is 5.01. The summed E-state index contributed by atoms with van der Waals surface area (Å²) in [5.41, 5.74) is 1.00. The van der Waals surface area contributed by atoms with Crippen LogP contribution in [0.25, 0.3) is 0 Å². The Morgan fingerprint density at radius 2 is 2.35 bits per heavy atom. The van der Waals surface area contributed by atoms with Crippen LogP contribution in [-0.2, 0) is 6.54 Å². The molecule has 0 amide bonds. The normalized spacial score (nSPS) is 21.7. The Hall–Kier alpha value is -0.640. The summed E-state index contributed by atoms with van der Waals surface area (Å²) in [4.78, 5) is 2.36. The van der Waals surface area contributed by atoms with Crippen LogP contribution in [-0.4, -0.2) is 31.1 Å². The Balaban J connectivity index is 2.00. The SMILES string of the molecule is CNC1CCCN(Cc2ccc(F)cc2Cl)C1. The van der Waals surface area contributed by atoms with Gasteiger partial charge in [-0.15, -0.1) is 0 Å². The first-order chi connectivity index (χ1) is 8.19. The maximum Gasteiger partial charge on any atom is 0.124 e. The van der Waals surface area contributed by atoms with E-state index in [2.05, 4.69) is 10.2 Å². The number of hydrogen-bond acceptors (Lipinski definition) is 2. The van der Waals surface area contributed by atoms with Crippen molar-refractivity contribution in [3.8, 4) is 0 Å². The number of nitrogens with zero attached hydrogens (tertiary/aromatic N) is 1. The number of halogens is 2. The minimum absolute atomic E-state index is 0.273. The van der Waals surface area contributed by atoms with Crippen LogP contribution >= 0.6 is 11.6 Å². The van der Waals surface area contributed by atoms with Crippen LogP contribution in [0, 0.1) is 5.82 Å². The van der Waals surface area contributed by atoms with Gasteiger partial charge in [0.05, 0.1) is 0 Å². The third-order valence-electron chi connectivity index (χ3n) is 3.32. The minimum atomic E-state index is -0.273. The molecule has 0 saturated carbocycles. The first kappa shape index (κ1) is 12.8. The minimum Gasteiger partial charge on any atom is -0.316 e. The summed E-state index contributed by atoms with van der Waals surface area (Å²) >= 11 is 6.04. The van der Waals surface area contributed by atoms with Gasteiger partial charge in [0, 0.05) is 24.2 Å². The molecular weight excluding hydrogens is 239 g/mol. The van der Waals surface area contributed by atoms with Gasteiger partial charge in [-0.3, -0.25) is 4.90 Å². The highest BCUT2D eigenvalue weighted by Gasteiger charge is 2.19. The lowest BCUT2D eigenvalue weighted by molar-refractivity contribution is 0.188. The summed E-state index contributed by atoms with van der Waals surface area (Å²) in [5.74, 6) is -0.273. The zero-order valence-electron chi connectivity index (χ0n) is 10.0. The highest BCUT2D eigenvalue weighted by atomic mass is 35.5. The standard InChI is InChI=1S/C13H18ClFN2/c1-16-12-3-2-6-17(9-12)8-10-4-5-11(15)7-13(10)14/h4-5,7,12,16H,2-3,6,8-9H2,1H3. The average molecular weight is 257 g/mol. The quantitative estimate of drug-likeness (QED) is 0.895. The van der Waals surface area contributed by atoms with E-state index in [4.69, 9.17) is 11.6 Å². The van der Waals surface area contributed by atoms with E-state index in [-0.39, 0.29) is 5.82 Å². The van der Waals surface area contributed by atoms with Gasteiger partial charge in [-0.05, 0) is 44.1 Å². The molecule has 1 heterocycles. The van der Waals surface area contributed by atoms with E-state index in [1.165, 1.54) is 25.0 Å². The van der Waals surface area contributed by atoms with E-state index >= 15 is 0 Å². The molecule has 0 aliphatic carbocycles. The molecule has 2 nitrogen and oxygen atoms in total. The second kappa shape index (κ2) is 5.80. The van der Waals surface area contributed by atoms with Crippen LogP contribution in [0.1, 0.15) is 18.4 Å². The van der Waals surface area contributed by atoms with Crippen LogP contribution < -0.4 is 5.32 Å². The first-order valence-electron chi connectivity index (χ1n) is 6.02. The Labute approximate surface area is 107 Å². The van der Waals surface area contributed by atoms with Gasteiger partial charge in [0.25, 0.3) is 0 Å². The predicted molar refractivity (Wildman–Crippen MR) is 68.8 cm³/mol. The van der Waals surface area contributed by atoms with Crippen molar-refractivity contribution in [1.82, 2.24) is 10.2 Å². The number of likely N-dealkylation sites (N-methyl/N-ethyl adjacent to an activating group) is 1. The molecule has 0 radical (unpaired) electrons. The Morgan fingerprint density at radius 1 is 1.53 bits per heavy atom. The molecule has 94 valence electrons. The van der Waals surface area contributed by atoms with Crippen molar-refractivity contribution < 1.29 is 4.39 Å². The van der Waals surface area contributed by atoms with Crippen LogP contribution in [0.3, 0.4) is 0 Å².